The molecule has 8 heteroatoms. The van der Waals surface area contributed by atoms with Crippen molar-refractivity contribution < 1.29 is 9.53 Å². The van der Waals surface area contributed by atoms with Crippen LogP contribution in [0.1, 0.15) is 21.9 Å². The van der Waals surface area contributed by atoms with E-state index in [1.807, 2.05) is 0 Å². The van der Waals surface area contributed by atoms with Crippen LogP contribution in [0.15, 0.2) is 24.7 Å². The lowest BCUT2D eigenvalue weighted by molar-refractivity contribution is 0.0600. The van der Waals surface area contributed by atoms with E-state index in [2.05, 4.69) is 19.8 Å². The molecule has 2 N–H and O–H groups in total. The number of thiocarbonyl (C=S) groups is 1. The molecule has 0 aliphatic carbocycles. The normalized spacial score (nSPS) is 10.2. The van der Waals surface area contributed by atoms with Crippen molar-refractivity contribution in [1.82, 2.24) is 19.7 Å². The zero-order valence-corrected chi connectivity index (χ0v) is 10.9. The summed E-state index contributed by atoms with van der Waals surface area (Å²) in [6.45, 7) is 0.414. The smallest absolute Gasteiger partial charge is 0.339 e. The van der Waals surface area contributed by atoms with Crippen LogP contribution in [0.25, 0.3) is 0 Å². The molecule has 2 aromatic rings. The van der Waals surface area contributed by atoms with Crippen LogP contribution in [0.4, 0.5) is 0 Å². The first-order valence-electron chi connectivity index (χ1n) is 5.32. The highest BCUT2D eigenvalue weighted by atomic mass is 32.1. The third-order valence-electron chi connectivity index (χ3n) is 2.33. The number of pyridine rings is 1. The maximum absolute atomic E-state index is 11.2. The molecule has 0 fully saturated rings. The van der Waals surface area contributed by atoms with Crippen molar-refractivity contribution in [3.63, 3.8) is 0 Å². The summed E-state index contributed by atoms with van der Waals surface area (Å²) >= 11 is 4.77. The molecule has 0 saturated carbocycles. The Morgan fingerprint density at radius 3 is 2.79 bits per heavy atom. The van der Waals surface area contributed by atoms with Crippen LogP contribution in [0, 0.1) is 0 Å². The molecule has 2 rings (SSSR count). The van der Waals surface area contributed by atoms with Gasteiger partial charge in [0.25, 0.3) is 0 Å². The molecule has 98 valence electrons. The number of carbonyl (C=O) groups is 1. The molecule has 0 aliphatic rings. The van der Waals surface area contributed by atoms with Gasteiger partial charge in [0.15, 0.2) is 0 Å². The van der Waals surface area contributed by atoms with Gasteiger partial charge in [0, 0.05) is 6.20 Å². The Balaban J connectivity index is 2.10. The van der Waals surface area contributed by atoms with E-state index in [0.29, 0.717) is 17.9 Å². The lowest BCUT2D eigenvalue weighted by Gasteiger charge is -2.02. The van der Waals surface area contributed by atoms with Crippen molar-refractivity contribution in [2.45, 2.75) is 6.54 Å². The average Bonchev–Trinajstić information content (AvgIpc) is 2.87. The Kier molecular flexibility index (Phi) is 3.81. The van der Waals surface area contributed by atoms with Crippen LogP contribution in [0.3, 0.4) is 0 Å². The predicted octanol–water partition coefficient (Wildman–Crippen LogP) is 0.142. The van der Waals surface area contributed by atoms with Gasteiger partial charge in [-0.25, -0.2) is 14.5 Å². The summed E-state index contributed by atoms with van der Waals surface area (Å²) < 4.78 is 6.15. The minimum absolute atomic E-state index is 0.146. The number of rotatable bonds is 4. The molecule has 7 nitrogen and oxygen atoms in total. The topological polar surface area (TPSA) is 95.9 Å². The molecule has 0 spiro atoms. The Bertz CT molecular complexity index is 608. The molecular formula is C11H11N5O2S. The van der Waals surface area contributed by atoms with Crippen LogP contribution in [0.2, 0.25) is 0 Å². The number of nitrogens with two attached hydrogens (primary N) is 1. The quantitative estimate of drug-likeness (QED) is 0.627. The molecule has 0 bridgehead atoms. The number of esters is 1. The number of nitrogens with zero attached hydrogens (tertiary/aromatic N) is 4. The van der Waals surface area contributed by atoms with Gasteiger partial charge in [-0.05, 0) is 12.1 Å². The lowest BCUT2D eigenvalue weighted by Crippen LogP contribution is -2.12. The van der Waals surface area contributed by atoms with Crippen LogP contribution >= 0.6 is 12.2 Å². The molecule has 19 heavy (non-hydrogen) atoms. The number of aromatic nitrogens is 4. The van der Waals surface area contributed by atoms with E-state index >= 15 is 0 Å². The maximum atomic E-state index is 11.2. The van der Waals surface area contributed by atoms with Crippen LogP contribution < -0.4 is 5.73 Å². The van der Waals surface area contributed by atoms with Crippen LogP contribution in [0.5, 0.6) is 0 Å². The zero-order chi connectivity index (χ0) is 13.8. The molecule has 0 aromatic carbocycles. The fourth-order valence-corrected chi connectivity index (χ4v) is 1.50. The lowest BCUT2D eigenvalue weighted by atomic mass is 10.2. The van der Waals surface area contributed by atoms with Gasteiger partial charge >= 0.3 is 5.97 Å². The minimum atomic E-state index is -0.421. The maximum Gasteiger partial charge on any atom is 0.339 e. The second kappa shape index (κ2) is 5.53. The molecular weight excluding hydrogens is 266 g/mol. The Labute approximate surface area is 114 Å². The summed E-state index contributed by atoms with van der Waals surface area (Å²) in [7, 11) is 1.32. The van der Waals surface area contributed by atoms with Crippen LogP contribution in [-0.2, 0) is 11.3 Å². The van der Waals surface area contributed by atoms with E-state index in [-0.39, 0.29) is 4.99 Å². The van der Waals surface area contributed by atoms with Gasteiger partial charge in [-0.1, -0.05) is 12.2 Å². The van der Waals surface area contributed by atoms with Gasteiger partial charge in [0.2, 0.25) is 5.82 Å². The predicted molar refractivity (Wildman–Crippen MR) is 70.6 cm³/mol. The fraction of sp³-hybridized carbons (Fsp3) is 0.182. The first kappa shape index (κ1) is 13.1. The van der Waals surface area contributed by atoms with E-state index in [0.717, 1.165) is 5.69 Å². The summed E-state index contributed by atoms with van der Waals surface area (Å²) in [6, 6.07) is 3.36. The Morgan fingerprint density at radius 1 is 1.47 bits per heavy atom. The molecule has 2 aromatic heterocycles. The first-order valence-corrected chi connectivity index (χ1v) is 5.73. The molecule has 2 heterocycles. The largest absolute Gasteiger partial charge is 0.465 e. The van der Waals surface area contributed by atoms with Crippen molar-refractivity contribution >= 4 is 23.2 Å². The number of ether oxygens (including phenoxy) is 1. The second-order valence-corrected chi connectivity index (χ2v) is 4.10. The summed E-state index contributed by atoms with van der Waals surface area (Å²) in [5, 5.41) is 4.09. The highest BCUT2D eigenvalue weighted by Gasteiger charge is 2.07. The first-order chi connectivity index (χ1) is 9.10. The van der Waals surface area contributed by atoms with Crippen molar-refractivity contribution in [3.8, 4) is 0 Å². The average molecular weight is 277 g/mol. The Hall–Kier alpha value is -2.35. The van der Waals surface area contributed by atoms with Gasteiger partial charge in [-0.3, -0.25) is 4.98 Å². The minimum Gasteiger partial charge on any atom is -0.465 e. The van der Waals surface area contributed by atoms with E-state index < -0.39 is 5.97 Å². The third kappa shape index (κ3) is 3.10. The highest BCUT2D eigenvalue weighted by Crippen LogP contribution is 2.03. The van der Waals surface area contributed by atoms with Crippen molar-refractivity contribution in [1.29, 1.82) is 0 Å². The summed E-state index contributed by atoms with van der Waals surface area (Å²) in [6.07, 6.45) is 2.97. The zero-order valence-electron chi connectivity index (χ0n) is 10.1. The number of hydrogen-bond acceptors (Lipinski definition) is 6. The molecule has 0 saturated heterocycles. The molecule has 0 atom stereocenters. The monoisotopic (exact) mass is 277 g/mol. The van der Waals surface area contributed by atoms with Gasteiger partial charge in [0.1, 0.15) is 11.3 Å². The molecule has 0 unspecified atom stereocenters. The van der Waals surface area contributed by atoms with Gasteiger partial charge in [-0.2, -0.15) is 0 Å². The number of carbonyl (C=O) groups excluding carboxylic acids is 1. The standard InChI is InChI=1S/C11H11N5O2S/c1-18-11(17)7-2-3-8(13-4-7)5-16-6-14-10(15-16)9(12)19/h2-4,6H,5H2,1H3,(H2,12,19). The number of methoxy groups -OCH3 is 1. The third-order valence-corrected chi connectivity index (χ3v) is 2.51. The summed E-state index contributed by atoms with van der Waals surface area (Å²) in [5.74, 6) is -0.100. The van der Waals surface area contributed by atoms with Gasteiger partial charge in [-0.15, -0.1) is 5.10 Å². The molecule has 0 aliphatic heterocycles. The van der Waals surface area contributed by atoms with Crippen molar-refractivity contribution in [2.75, 3.05) is 7.11 Å². The molecule has 0 radical (unpaired) electrons. The van der Waals surface area contributed by atoms with Crippen molar-refractivity contribution in [3.05, 3.63) is 41.7 Å². The van der Waals surface area contributed by atoms with E-state index in [1.165, 1.54) is 19.6 Å². The van der Waals surface area contributed by atoms with Crippen LogP contribution in [-0.4, -0.2) is 37.8 Å². The van der Waals surface area contributed by atoms with E-state index in [9.17, 15) is 4.79 Å². The fourth-order valence-electron chi connectivity index (χ4n) is 1.41. The second-order valence-electron chi connectivity index (χ2n) is 3.66. The molecule has 0 amide bonds. The van der Waals surface area contributed by atoms with E-state index in [4.69, 9.17) is 18.0 Å². The van der Waals surface area contributed by atoms with Gasteiger partial charge < -0.3 is 10.5 Å². The SMILES string of the molecule is COC(=O)c1ccc(Cn2cnc(C(N)=S)n2)nc1. The van der Waals surface area contributed by atoms with E-state index in [1.54, 1.807) is 16.8 Å². The van der Waals surface area contributed by atoms with Gasteiger partial charge in [0.05, 0.1) is 24.9 Å². The highest BCUT2D eigenvalue weighted by molar-refractivity contribution is 7.80. The summed E-state index contributed by atoms with van der Waals surface area (Å²) in [5.41, 5.74) is 6.54. The van der Waals surface area contributed by atoms with Crippen molar-refractivity contribution in [2.24, 2.45) is 5.73 Å². The summed E-state index contributed by atoms with van der Waals surface area (Å²) in [4.78, 5) is 19.5. The Morgan fingerprint density at radius 2 is 2.26 bits per heavy atom. The number of hydrogen-bond donors (Lipinski definition) is 1.